The van der Waals surface area contributed by atoms with Gasteiger partial charge in [0.25, 0.3) is 11.8 Å². The highest BCUT2D eigenvalue weighted by Gasteiger charge is 2.35. The average Bonchev–Trinajstić information content (AvgIpc) is 3.36. The molecule has 0 unspecified atom stereocenters. The number of amides is 2. The van der Waals surface area contributed by atoms with Gasteiger partial charge in [-0.15, -0.1) is 11.3 Å². The fraction of sp³-hybridized carbons (Fsp3) is 0.400. The summed E-state index contributed by atoms with van der Waals surface area (Å²) in [6, 6.07) is 11.1. The highest BCUT2D eigenvalue weighted by Crippen LogP contribution is 2.45. The van der Waals surface area contributed by atoms with E-state index in [-0.39, 0.29) is 17.2 Å². The third-order valence-corrected chi connectivity index (χ3v) is 7.99. The Labute approximate surface area is 193 Å². The van der Waals surface area contributed by atoms with Crippen molar-refractivity contribution < 1.29 is 9.59 Å². The van der Waals surface area contributed by atoms with Crippen LogP contribution in [-0.4, -0.2) is 21.6 Å². The Morgan fingerprint density at radius 2 is 1.91 bits per heavy atom. The van der Waals surface area contributed by atoms with Gasteiger partial charge in [-0.25, -0.2) is 0 Å². The molecule has 3 aromatic rings. The number of nitrogens with one attached hydrogen (secondary N) is 2. The summed E-state index contributed by atoms with van der Waals surface area (Å²) in [6.07, 6.45) is 5.54. The van der Waals surface area contributed by atoms with E-state index in [2.05, 4.69) is 36.5 Å². The Bertz CT molecular complexity index is 1130. The Hall–Kier alpha value is -2.93. The first kappa shape index (κ1) is 22.3. The number of hydrogen-bond donors (Lipinski definition) is 2. The van der Waals surface area contributed by atoms with Crippen molar-refractivity contribution in [3.05, 3.63) is 64.3 Å². The summed E-state index contributed by atoms with van der Waals surface area (Å²) in [5, 5.41) is 10.7. The van der Waals surface area contributed by atoms with Crippen LogP contribution in [0.25, 0.3) is 0 Å². The molecule has 2 aromatic heterocycles. The number of nitrogens with zero attached hydrogens (tertiary/aromatic N) is 2. The molecule has 0 saturated carbocycles. The number of anilines is 2. The minimum absolute atomic E-state index is 0.179. The standard InChI is InChI=1S/C25H30N4O2S/c1-5-25(2,3)16-11-12-18-20(15-16)32-24(28-22(30)19-13-14-26-29(19)4)21(18)23(31)27-17-9-7-6-8-10-17/h6-10,13-14,16H,5,11-12,15H2,1-4H3,(H,27,31)(H,28,30)/t16-/m1/s1. The summed E-state index contributed by atoms with van der Waals surface area (Å²) in [6.45, 7) is 6.89. The number of para-hydroxylation sites is 1. The number of carbonyl (C=O) groups excluding carboxylic acids is 2. The summed E-state index contributed by atoms with van der Waals surface area (Å²) in [5.41, 5.74) is 3.11. The second kappa shape index (κ2) is 8.90. The van der Waals surface area contributed by atoms with E-state index in [1.807, 2.05) is 30.3 Å². The molecule has 0 bridgehead atoms. The lowest BCUT2D eigenvalue weighted by Gasteiger charge is -2.36. The van der Waals surface area contributed by atoms with Gasteiger partial charge in [-0.1, -0.05) is 45.4 Å². The number of rotatable bonds is 6. The SMILES string of the molecule is CCC(C)(C)[C@@H]1CCc2c(sc(NC(=O)c3ccnn3C)c2C(=O)Nc2ccccc2)C1. The molecule has 4 rings (SSSR count). The first-order chi connectivity index (χ1) is 15.3. The molecule has 0 aliphatic heterocycles. The van der Waals surface area contributed by atoms with Crippen molar-refractivity contribution in [1.29, 1.82) is 0 Å². The number of aromatic nitrogens is 2. The molecule has 0 fully saturated rings. The topological polar surface area (TPSA) is 76.0 Å². The molecular formula is C25H30N4O2S. The third-order valence-electron chi connectivity index (χ3n) is 6.82. The minimum Gasteiger partial charge on any atom is -0.322 e. The van der Waals surface area contributed by atoms with Gasteiger partial charge in [0.15, 0.2) is 0 Å². The zero-order chi connectivity index (χ0) is 22.9. The Morgan fingerprint density at radius 1 is 1.16 bits per heavy atom. The second-order valence-corrected chi connectivity index (χ2v) is 10.2. The quantitative estimate of drug-likeness (QED) is 0.519. The Kier molecular flexibility index (Phi) is 6.20. The van der Waals surface area contributed by atoms with Crippen molar-refractivity contribution >= 4 is 33.8 Å². The Balaban J connectivity index is 1.69. The molecular weight excluding hydrogens is 420 g/mol. The van der Waals surface area contributed by atoms with E-state index in [1.165, 1.54) is 9.56 Å². The lowest BCUT2D eigenvalue weighted by atomic mass is 9.69. The predicted octanol–water partition coefficient (Wildman–Crippen LogP) is 5.53. The summed E-state index contributed by atoms with van der Waals surface area (Å²) in [4.78, 5) is 27.5. The molecule has 2 amide bonds. The van der Waals surface area contributed by atoms with E-state index in [0.29, 0.717) is 22.2 Å². The van der Waals surface area contributed by atoms with E-state index in [1.54, 1.807) is 30.6 Å². The second-order valence-electron chi connectivity index (χ2n) is 9.10. The van der Waals surface area contributed by atoms with Gasteiger partial charge in [-0.05, 0) is 54.4 Å². The van der Waals surface area contributed by atoms with Crippen LogP contribution in [0.1, 0.15) is 64.9 Å². The fourth-order valence-corrected chi connectivity index (χ4v) is 5.67. The van der Waals surface area contributed by atoms with Gasteiger partial charge in [0.05, 0.1) is 5.56 Å². The molecule has 1 aliphatic carbocycles. The van der Waals surface area contributed by atoms with Crippen molar-refractivity contribution in [2.24, 2.45) is 18.4 Å². The molecule has 0 saturated heterocycles. The fourth-order valence-electron chi connectivity index (χ4n) is 4.35. The van der Waals surface area contributed by atoms with Crippen LogP contribution in [0.4, 0.5) is 10.7 Å². The van der Waals surface area contributed by atoms with Gasteiger partial charge in [0.1, 0.15) is 10.7 Å². The van der Waals surface area contributed by atoms with Crippen molar-refractivity contribution in [3.63, 3.8) is 0 Å². The largest absolute Gasteiger partial charge is 0.322 e. The van der Waals surface area contributed by atoms with Crippen molar-refractivity contribution in [2.45, 2.75) is 46.5 Å². The van der Waals surface area contributed by atoms with Crippen LogP contribution in [0.5, 0.6) is 0 Å². The van der Waals surface area contributed by atoms with Gasteiger partial charge in [-0.2, -0.15) is 5.10 Å². The number of carbonyl (C=O) groups is 2. The van der Waals surface area contributed by atoms with Crippen LogP contribution < -0.4 is 10.6 Å². The number of aryl methyl sites for hydroxylation is 1. The highest BCUT2D eigenvalue weighted by molar-refractivity contribution is 7.17. The number of hydrogen-bond acceptors (Lipinski definition) is 4. The van der Waals surface area contributed by atoms with E-state index in [4.69, 9.17) is 0 Å². The van der Waals surface area contributed by atoms with Crippen LogP contribution in [0, 0.1) is 11.3 Å². The average molecular weight is 451 g/mol. The first-order valence-corrected chi connectivity index (χ1v) is 11.9. The van der Waals surface area contributed by atoms with Crippen LogP contribution in [0.3, 0.4) is 0 Å². The van der Waals surface area contributed by atoms with Gasteiger partial charge in [0, 0.05) is 23.8 Å². The summed E-state index contributed by atoms with van der Waals surface area (Å²) in [5.74, 6) is 0.120. The van der Waals surface area contributed by atoms with Gasteiger partial charge in [-0.3, -0.25) is 14.3 Å². The molecule has 1 aliphatic rings. The molecule has 0 spiro atoms. The molecule has 7 heteroatoms. The van der Waals surface area contributed by atoms with Crippen molar-refractivity contribution in [1.82, 2.24) is 9.78 Å². The smallest absolute Gasteiger partial charge is 0.274 e. The molecule has 0 radical (unpaired) electrons. The third kappa shape index (κ3) is 4.35. The maximum atomic E-state index is 13.4. The minimum atomic E-state index is -0.261. The lowest BCUT2D eigenvalue weighted by Crippen LogP contribution is -2.29. The van der Waals surface area contributed by atoms with Gasteiger partial charge >= 0.3 is 0 Å². The molecule has 2 heterocycles. The normalized spacial score (nSPS) is 15.8. The van der Waals surface area contributed by atoms with E-state index in [0.717, 1.165) is 36.9 Å². The van der Waals surface area contributed by atoms with Gasteiger partial charge in [0.2, 0.25) is 0 Å². The van der Waals surface area contributed by atoms with Crippen LogP contribution >= 0.6 is 11.3 Å². The molecule has 2 N–H and O–H groups in total. The molecule has 1 aromatic carbocycles. The van der Waals surface area contributed by atoms with Gasteiger partial charge < -0.3 is 10.6 Å². The maximum Gasteiger partial charge on any atom is 0.274 e. The first-order valence-electron chi connectivity index (χ1n) is 11.1. The molecule has 168 valence electrons. The molecule has 32 heavy (non-hydrogen) atoms. The number of thiophene rings is 1. The van der Waals surface area contributed by atoms with Crippen LogP contribution in [-0.2, 0) is 19.9 Å². The van der Waals surface area contributed by atoms with Crippen LogP contribution in [0.15, 0.2) is 42.6 Å². The van der Waals surface area contributed by atoms with Crippen LogP contribution in [0.2, 0.25) is 0 Å². The van der Waals surface area contributed by atoms with E-state index < -0.39 is 0 Å². The lowest BCUT2D eigenvalue weighted by molar-refractivity contribution is 0.101. The monoisotopic (exact) mass is 450 g/mol. The number of benzene rings is 1. The number of fused-ring (bicyclic) bond motifs is 1. The molecule has 6 nitrogen and oxygen atoms in total. The van der Waals surface area contributed by atoms with E-state index in [9.17, 15) is 9.59 Å². The summed E-state index contributed by atoms with van der Waals surface area (Å²) in [7, 11) is 1.73. The van der Waals surface area contributed by atoms with Crippen molar-refractivity contribution in [3.8, 4) is 0 Å². The molecule has 1 atom stereocenters. The zero-order valence-corrected chi connectivity index (χ0v) is 19.9. The Morgan fingerprint density at radius 3 is 2.56 bits per heavy atom. The van der Waals surface area contributed by atoms with Crippen molar-refractivity contribution in [2.75, 3.05) is 10.6 Å². The predicted molar refractivity (Wildman–Crippen MR) is 129 cm³/mol. The summed E-state index contributed by atoms with van der Waals surface area (Å²) < 4.78 is 1.53. The zero-order valence-electron chi connectivity index (χ0n) is 19.1. The maximum absolute atomic E-state index is 13.4. The summed E-state index contributed by atoms with van der Waals surface area (Å²) >= 11 is 1.54. The van der Waals surface area contributed by atoms with E-state index >= 15 is 0 Å². The highest BCUT2D eigenvalue weighted by atomic mass is 32.1.